The first-order chi connectivity index (χ1) is 12.3. The molecule has 2 aromatic carbocycles. The minimum Gasteiger partial charge on any atom is -0.491 e. The third kappa shape index (κ3) is 3.06. The smallest absolute Gasteiger partial charge is 0.200 e. The number of hydrogen-bond donors (Lipinski definition) is 0. The fourth-order valence-electron chi connectivity index (χ4n) is 2.70. The monoisotopic (exact) mass is 340 g/mol. The molecule has 2 unspecified atom stereocenters. The van der Waals surface area contributed by atoms with Crippen molar-refractivity contribution >= 4 is 21.9 Å². The molecule has 0 radical (unpaired) electrons. The van der Waals surface area contributed by atoms with Gasteiger partial charge in [-0.2, -0.15) is 0 Å². The van der Waals surface area contributed by atoms with Gasteiger partial charge in [0.25, 0.3) is 0 Å². The van der Waals surface area contributed by atoms with Gasteiger partial charge in [-0.05, 0) is 30.3 Å². The summed E-state index contributed by atoms with van der Waals surface area (Å²) >= 11 is 0. The largest absolute Gasteiger partial charge is 0.491 e. The van der Waals surface area contributed by atoms with Crippen LogP contribution in [0.1, 0.15) is 0 Å². The van der Waals surface area contributed by atoms with E-state index < -0.39 is 0 Å². The summed E-state index contributed by atoms with van der Waals surface area (Å²) in [6, 6.07) is 10.5. The number of ether oxygens (including phenoxy) is 4. The molecule has 2 saturated heterocycles. The lowest BCUT2D eigenvalue weighted by molar-refractivity contribution is 0.263. The van der Waals surface area contributed by atoms with Gasteiger partial charge in [-0.3, -0.25) is 4.79 Å². The predicted molar refractivity (Wildman–Crippen MR) is 90.5 cm³/mol. The number of hydrogen-bond acceptors (Lipinski definition) is 6. The van der Waals surface area contributed by atoms with Crippen LogP contribution in [-0.4, -0.2) is 38.6 Å². The molecule has 0 amide bonds. The van der Waals surface area contributed by atoms with Crippen molar-refractivity contribution in [2.45, 2.75) is 12.2 Å². The van der Waals surface area contributed by atoms with Crippen LogP contribution >= 0.6 is 0 Å². The van der Waals surface area contributed by atoms with Gasteiger partial charge < -0.3 is 23.4 Å². The first-order valence-corrected chi connectivity index (χ1v) is 8.26. The normalized spacial score (nSPS) is 21.4. The Hall–Kier alpha value is -2.57. The van der Waals surface area contributed by atoms with Crippen LogP contribution in [0, 0.1) is 0 Å². The Labute approximate surface area is 142 Å². The molecule has 2 atom stereocenters. The Kier molecular flexibility index (Phi) is 3.39. The zero-order valence-corrected chi connectivity index (χ0v) is 13.4. The highest BCUT2D eigenvalue weighted by Gasteiger charge is 2.24. The molecule has 3 heterocycles. The first-order valence-electron chi connectivity index (χ1n) is 8.26. The molecule has 0 aliphatic carbocycles. The van der Waals surface area contributed by atoms with Crippen molar-refractivity contribution in [3.05, 3.63) is 46.6 Å². The molecule has 0 bridgehead atoms. The van der Waals surface area contributed by atoms with Gasteiger partial charge >= 0.3 is 0 Å². The highest BCUT2D eigenvalue weighted by atomic mass is 16.6. The summed E-state index contributed by atoms with van der Waals surface area (Å²) in [5.41, 5.74) is 0.948. The molecular formula is C19H16O6. The quantitative estimate of drug-likeness (QED) is 0.507. The maximum atomic E-state index is 12.8. The van der Waals surface area contributed by atoms with Crippen molar-refractivity contribution in [1.82, 2.24) is 0 Å². The Bertz CT molecular complexity index is 1000. The van der Waals surface area contributed by atoms with Crippen LogP contribution in [0.2, 0.25) is 0 Å². The molecule has 0 spiro atoms. The van der Waals surface area contributed by atoms with Crippen molar-refractivity contribution in [3.8, 4) is 11.5 Å². The van der Waals surface area contributed by atoms with Crippen molar-refractivity contribution in [3.63, 3.8) is 0 Å². The highest BCUT2D eigenvalue weighted by molar-refractivity contribution is 5.90. The number of rotatable bonds is 6. The molecule has 0 N–H and O–H groups in total. The van der Waals surface area contributed by atoms with E-state index in [2.05, 4.69) is 0 Å². The Morgan fingerprint density at radius 3 is 2.16 bits per heavy atom. The van der Waals surface area contributed by atoms with Gasteiger partial charge in [0.2, 0.25) is 5.43 Å². The summed E-state index contributed by atoms with van der Waals surface area (Å²) in [5.74, 6) is 1.30. The summed E-state index contributed by atoms with van der Waals surface area (Å²) in [6.45, 7) is 2.48. The standard InChI is InChI=1S/C19H16O6/c20-19-15-3-1-12(22-8-14-10-24-14)6-18(15)25-17-4-2-11(5-16(17)19)21-7-13-9-23-13/h1-6,13-14H,7-10H2. The fraction of sp³-hybridized carbons (Fsp3) is 0.316. The molecule has 1 aromatic heterocycles. The Balaban J connectivity index is 1.50. The third-order valence-corrected chi connectivity index (χ3v) is 4.29. The topological polar surface area (TPSA) is 73.7 Å². The van der Waals surface area contributed by atoms with E-state index in [1.165, 1.54) is 0 Å². The van der Waals surface area contributed by atoms with Crippen LogP contribution in [0.4, 0.5) is 0 Å². The highest BCUT2D eigenvalue weighted by Crippen LogP contribution is 2.26. The van der Waals surface area contributed by atoms with Gasteiger partial charge in [0.05, 0.1) is 24.0 Å². The zero-order chi connectivity index (χ0) is 16.8. The van der Waals surface area contributed by atoms with E-state index in [4.69, 9.17) is 23.4 Å². The molecule has 25 heavy (non-hydrogen) atoms. The SMILES string of the molecule is O=c1c2ccc(OCC3CO3)cc2oc2ccc(OCC3CO3)cc12. The molecule has 2 aliphatic rings. The summed E-state index contributed by atoms with van der Waals surface area (Å²) in [6.07, 6.45) is 0.349. The van der Waals surface area contributed by atoms with E-state index in [9.17, 15) is 4.79 Å². The average molecular weight is 340 g/mol. The number of fused-ring (bicyclic) bond motifs is 2. The second kappa shape index (κ2) is 5.75. The van der Waals surface area contributed by atoms with E-state index in [-0.39, 0.29) is 17.6 Å². The van der Waals surface area contributed by atoms with Crippen LogP contribution in [-0.2, 0) is 9.47 Å². The minimum absolute atomic E-state index is 0.0820. The van der Waals surface area contributed by atoms with E-state index in [0.717, 1.165) is 13.2 Å². The Morgan fingerprint density at radius 1 is 0.840 bits per heavy atom. The van der Waals surface area contributed by atoms with Crippen LogP contribution in [0.15, 0.2) is 45.6 Å². The maximum absolute atomic E-state index is 12.8. The molecule has 5 rings (SSSR count). The van der Waals surface area contributed by atoms with Gasteiger partial charge in [-0.1, -0.05) is 0 Å². The Morgan fingerprint density at radius 2 is 1.48 bits per heavy atom. The van der Waals surface area contributed by atoms with E-state index in [1.807, 2.05) is 0 Å². The van der Waals surface area contributed by atoms with Crippen LogP contribution in [0.3, 0.4) is 0 Å². The number of benzene rings is 2. The van der Waals surface area contributed by atoms with E-state index in [1.54, 1.807) is 36.4 Å². The van der Waals surface area contributed by atoms with Crippen molar-refractivity contribution in [2.24, 2.45) is 0 Å². The summed E-state index contributed by atoms with van der Waals surface area (Å²) in [5, 5.41) is 1.02. The summed E-state index contributed by atoms with van der Waals surface area (Å²) < 4.78 is 27.4. The van der Waals surface area contributed by atoms with Gasteiger partial charge in [-0.25, -0.2) is 0 Å². The van der Waals surface area contributed by atoms with Crippen molar-refractivity contribution in [1.29, 1.82) is 0 Å². The van der Waals surface area contributed by atoms with Gasteiger partial charge in [0.15, 0.2) is 0 Å². The van der Waals surface area contributed by atoms with Crippen LogP contribution in [0.5, 0.6) is 11.5 Å². The first kappa shape index (κ1) is 14.7. The molecular weight excluding hydrogens is 324 g/mol. The lowest BCUT2D eigenvalue weighted by Gasteiger charge is -2.08. The molecule has 0 saturated carbocycles. The van der Waals surface area contributed by atoms with E-state index >= 15 is 0 Å². The van der Waals surface area contributed by atoms with Crippen molar-refractivity contribution in [2.75, 3.05) is 26.4 Å². The van der Waals surface area contributed by atoms with Gasteiger partial charge in [0.1, 0.15) is 48.1 Å². The summed E-state index contributed by atoms with van der Waals surface area (Å²) in [7, 11) is 0. The predicted octanol–water partition coefficient (Wildman–Crippen LogP) is 2.50. The molecule has 128 valence electrons. The van der Waals surface area contributed by atoms with E-state index in [0.29, 0.717) is 46.7 Å². The average Bonchev–Trinajstić information content (AvgIpc) is 3.53. The molecule has 6 nitrogen and oxygen atoms in total. The molecule has 6 heteroatoms. The molecule has 2 fully saturated rings. The lowest BCUT2D eigenvalue weighted by atomic mass is 10.1. The lowest BCUT2D eigenvalue weighted by Crippen LogP contribution is -2.06. The second-order valence-electron chi connectivity index (χ2n) is 6.28. The van der Waals surface area contributed by atoms with Crippen LogP contribution in [0.25, 0.3) is 21.9 Å². The van der Waals surface area contributed by atoms with Crippen molar-refractivity contribution < 1.29 is 23.4 Å². The fourth-order valence-corrected chi connectivity index (χ4v) is 2.70. The summed E-state index contributed by atoms with van der Waals surface area (Å²) in [4.78, 5) is 12.8. The molecule has 3 aromatic rings. The maximum Gasteiger partial charge on any atom is 0.200 e. The minimum atomic E-state index is -0.0820. The van der Waals surface area contributed by atoms with Gasteiger partial charge in [0, 0.05) is 6.07 Å². The zero-order valence-electron chi connectivity index (χ0n) is 13.4. The molecule has 2 aliphatic heterocycles. The number of epoxide rings is 2. The van der Waals surface area contributed by atoms with Crippen LogP contribution < -0.4 is 14.9 Å². The van der Waals surface area contributed by atoms with Gasteiger partial charge in [-0.15, -0.1) is 0 Å². The second-order valence-corrected chi connectivity index (χ2v) is 6.28. The third-order valence-electron chi connectivity index (χ3n) is 4.29.